The molecule has 0 saturated carbocycles. The number of nitrogens with two attached hydrogens (primary N) is 1. The van der Waals surface area contributed by atoms with Gasteiger partial charge in [0, 0.05) is 26.2 Å². The Morgan fingerprint density at radius 1 is 1.62 bits per heavy atom. The number of carboxylic acids is 1. The molecule has 2 unspecified atom stereocenters. The van der Waals surface area contributed by atoms with Crippen molar-refractivity contribution < 1.29 is 14.6 Å². The van der Waals surface area contributed by atoms with Gasteiger partial charge in [-0.2, -0.15) is 0 Å². The van der Waals surface area contributed by atoms with E-state index in [4.69, 9.17) is 15.6 Å². The first kappa shape index (κ1) is 13.4. The van der Waals surface area contributed by atoms with Gasteiger partial charge in [-0.25, -0.2) is 0 Å². The Bertz CT molecular complexity index is 258. The molecule has 5 nitrogen and oxygen atoms in total. The van der Waals surface area contributed by atoms with Crippen LogP contribution in [-0.4, -0.2) is 54.4 Å². The second-order valence-electron chi connectivity index (χ2n) is 4.95. The Morgan fingerprint density at radius 2 is 2.25 bits per heavy atom. The average molecular weight is 230 g/mol. The summed E-state index contributed by atoms with van der Waals surface area (Å²) in [5.74, 6) is -0.481. The summed E-state index contributed by atoms with van der Waals surface area (Å²) in [5, 5.41) is 9.06. The number of hydrogen-bond acceptors (Lipinski definition) is 4. The van der Waals surface area contributed by atoms with E-state index in [1.807, 2.05) is 0 Å². The van der Waals surface area contributed by atoms with Crippen molar-refractivity contribution >= 4 is 5.97 Å². The molecule has 16 heavy (non-hydrogen) atoms. The van der Waals surface area contributed by atoms with Crippen molar-refractivity contribution in [3.05, 3.63) is 0 Å². The van der Waals surface area contributed by atoms with Crippen LogP contribution in [0.2, 0.25) is 0 Å². The molecule has 0 aromatic carbocycles. The summed E-state index contributed by atoms with van der Waals surface area (Å²) in [6, 6.07) is 0.245. The third-order valence-corrected chi connectivity index (χ3v) is 3.33. The largest absolute Gasteiger partial charge is 0.480 e. The number of rotatable bonds is 5. The topological polar surface area (TPSA) is 75.8 Å². The lowest BCUT2D eigenvalue weighted by Gasteiger charge is -2.31. The molecule has 2 atom stereocenters. The van der Waals surface area contributed by atoms with Crippen LogP contribution in [0.1, 0.15) is 20.3 Å². The summed E-state index contributed by atoms with van der Waals surface area (Å²) in [7, 11) is 1.67. The number of aliphatic carboxylic acids is 1. The second-order valence-corrected chi connectivity index (χ2v) is 4.95. The van der Waals surface area contributed by atoms with Crippen molar-refractivity contribution in [2.24, 2.45) is 11.7 Å². The van der Waals surface area contributed by atoms with Gasteiger partial charge in [0.15, 0.2) is 0 Å². The van der Waals surface area contributed by atoms with Gasteiger partial charge in [-0.1, -0.05) is 13.8 Å². The van der Waals surface area contributed by atoms with Gasteiger partial charge in [-0.15, -0.1) is 0 Å². The third kappa shape index (κ3) is 2.72. The van der Waals surface area contributed by atoms with E-state index in [0.29, 0.717) is 25.5 Å². The van der Waals surface area contributed by atoms with Crippen LogP contribution in [0.5, 0.6) is 0 Å². The van der Waals surface area contributed by atoms with Gasteiger partial charge in [0.2, 0.25) is 0 Å². The predicted octanol–water partition coefficient (Wildman–Crippen LogP) is 0.145. The first-order chi connectivity index (χ1) is 7.40. The van der Waals surface area contributed by atoms with Gasteiger partial charge in [0.25, 0.3) is 0 Å². The maximum atomic E-state index is 11.0. The van der Waals surface area contributed by atoms with Gasteiger partial charge >= 0.3 is 5.97 Å². The van der Waals surface area contributed by atoms with Crippen LogP contribution in [0.15, 0.2) is 0 Å². The molecule has 1 heterocycles. The normalized spacial score (nSPS) is 28.6. The van der Waals surface area contributed by atoms with Crippen LogP contribution < -0.4 is 5.73 Å². The number of likely N-dealkylation sites (tertiary alicyclic amines) is 1. The maximum absolute atomic E-state index is 11.0. The molecule has 3 N–H and O–H groups in total. The molecule has 0 aliphatic carbocycles. The first-order valence-corrected chi connectivity index (χ1v) is 5.66. The minimum Gasteiger partial charge on any atom is -0.480 e. The SMILES string of the molecule is COCC(C(C)C)N1CCC(N)(C(=O)O)C1. The number of carboxylic acid groups (broad SMARTS) is 1. The Kier molecular flexibility index (Phi) is 4.29. The van der Waals surface area contributed by atoms with E-state index in [9.17, 15) is 4.79 Å². The van der Waals surface area contributed by atoms with Gasteiger partial charge < -0.3 is 15.6 Å². The van der Waals surface area contributed by atoms with Gasteiger partial charge in [0.05, 0.1) is 6.61 Å². The van der Waals surface area contributed by atoms with E-state index in [0.717, 1.165) is 6.54 Å². The number of hydrogen-bond donors (Lipinski definition) is 2. The fourth-order valence-corrected chi connectivity index (χ4v) is 2.21. The number of ether oxygens (including phenoxy) is 1. The molecule has 1 fully saturated rings. The lowest BCUT2D eigenvalue weighted by Crippen LogP contribution is -2.52. The van der Waals surface area contributed by atoms with Gasteiger partial charge in [-0.3, -0.25) is 9.69 Å². The maximum Gasteiger partial charge on any atom is 0.325 e. The average Bonchev–Trinajstić information content (AvgIpc) is 2.58. The Hall–Kier alpha value is -0.650. The molecule has 1 aliphatic heterocycles. The van der Waals surface area contributed by atoms with Gasteiger partial charge in [0.1, 0.15) is 5.54 Å². The van der Waals surface area contributed by atoms with Crippen molar-refractivity contribution in [3.8, 4) is 0 Å². The molecule has 1 aliphatic rings. The van der Waals surface area contributed by atoms with Crippen LogP contribution in [-0.2, 0) is 9.53 Å². The van der Waals surface area contributed by atoms with E-state index in [1.54, 1.807) is 7.11 Å². The molecule has 0 bridgehead atoms. The molecule has 0 aromatic rings. The molecule has 0 aromatic heterocycles. The summed E-state index contributed by atoms with van der Waals surface area (Å²) in [6.45, 7) is 5.98. The minimum absolute atomic E-state index is 0.245. The van der Waals surface area contributed by atoms with E-state index in [-0.39, 0.29) is 6.04 Å². The predicted molar refractivity (Wildman–Crippen MR) is 61.2 cm³/mol. The number of methoxy groups -OCH3 is 1. The second kappa shape index (κ2) is 5.12. The highest BCUT2D eigenvalue weighted by molar-refractivity contribution is 5.79. The molecule has 94 valence electrons. The highest BCUT2D eigenvalue weighted by Crippen LogP contribution is 2.24. The van der Waals surface area contributed by atoms with E-state index < -0.39 is 11.5 Å². The summed E-state index contributed by atoms with van der Waals surface area (Å²) in [5.41, 5.74) is 4.76. The smallest absolute Gasteiger partial charge is 0.325 e. The highest BCUT2D eigenvalue weighted by atomic mass is 16.5. The monoisotopic (exact) mass is 230 g/mol. The fourth-order valence-electron chi connectivity index (χ4n) is 2.21. The summed E-state index contributed by atoms with van der Waals surface area (Å²) >= 11 is 0. The van der Waals surface area contributed by atoms with Crippen LogP contribution >= 0.6 is 0 Å². The van der Waals surface area contributed by atoms with E-state index in [1.165, 1.54) is 0 Å². The lowest BCUT2D eigenvalue weighted by molar-refractivity contribution is -0.142. The van der Waals surface area contributed by atoms with E-state index in [2.05, 4.69) is 18.7 Å². The van der Waals surface area contributed by atoms with Crippen molar-refractivity contribution in [3.63, 3.8) is 0 Å². The van der Waals surface area contributed by atoms with Crippen LogP contribution in [0.4, 0.5) is 0 Å². The number of carbonyl (C=O) groups is 1. The summed E-state index contributed by atoms with van der Waals surface area (Å²) in [6.07, 6.45) is 0.509. The summed E-state index contributed by atoms with van der Waals surface area (Å²) in [4.78, 5) is 13.2. The molecule has 1 rings (SSSR count). The Morgan fingerprint density at radius 3 is 2.62 bits per heavy atom. The van der Waals surface area contributed by atoms with Crippen molar-refractivity contribution in [1.29, 1.82) is 0 Å². The lowest BCUT2D eigenvalue weighted by atomic mass is 10.0. The Labute approximate surface area is 96.6 Å². The van der Waals surface area contributed by atoms with Crippen molar-refractivity contribution in [2.45, 2.75) is 31.8 Å². The molecule has 5 heteroatoms. The molecular weight excluding hydrogens is 208 g/mol. The third-order valence-electron chi connectivity index (χ3n) is 3.33. The van der Waals surface area contributed by atoms with Gasteiger partial charge in [-0.05, 0) is 12.3 Å². The zero-order valence-corrected chi connectivity index (χ0v) is 10.3. The van der Waals surface area contributed by atoms with Crippen LogP contribution in [0.3, 0.4) is 0 Å². The highest BCUT2D eigenvalue weighted by Gasteiger charge is 2.43. The molecule has 0 radical (unpaired) electrons. The molecule has 0 spiro atoms. The zero-order valence-electron chi connectivity index (χ0n) is 10.3. The first-order valence-electron chi connectivity index (χ1n) is 5.66. The van der Waals surface area contributed by atoms with E-state index >= 15 is 0 Å². The fraction of sp³-hybridized carbons (Fsp3) is 0.909. The molecule has 1 saturated heterocycles. The zero-order chi connectivity index (χ0) is 12.3. The minimum atomic E-state index is -1.08. The standard InChI is InChI=1S/C11H22N2O3/c1-8(2)9(6-16-3)13-5-4-11(12,7-13)10(14)15/h8-9H,4-7,12H2,1-3H3,(H,14,15). The van der Waals surface area contributed by atoms with Crippen molar-refractivity contribution in [2.75, 3.05) is 26.8 Å². The van der Waals surface area contributed by atoms with Crippen LogP contribution in [0.25, 0.3) is 0 Å². The van der Waals surface area contributed by atoms with Crippen molar-refractivity contribution in [1.82, 2.24) is 4.90 Å². The molecule has 0 amide bonds. The molecular formula is C11H22N2O3. The summed E-state index contributed by atoms with van der Waals surface area (Å²) < 4.78 is 5.18. The van der Waals surface area contributed by atoms with Crippen LogP contribution in [0, 0.1) is 5.92 Å². The quantitative estimate of drug-likeness (QED) is 0.703. The Balaban J connectivity index is 2.66. The number of nitrogens with zero attached hydrogens (tertiary/aromatic N) is 1.